The number of carbonyl (C=O) groups is 1. The third-order valence-corrected chi connectivity index (χ3v) is 7.02. The van der Waals surface area contributed by atoms with E-state index in [0.29, 0.717) is 33.4 Å². The van der Waals surface area contributed by atoms with Gasteiger partial charge in [-0.3, -0.25) is 19.1 Å². The molecule has 0 bridgehead atoms. The Morgan fingerprint density at radius 2 is 1.87 bits per heavy atom. The van der Waals surface area contributed by atoms with E-state index in [-0.39, 0.29) is 29.1 Å². The number of nitrogens with zero attached hydrogens (tertiary/aromatic N) is 6. The Morgan fingerprint density at radius 3 is 2.51 bits per heavy atom. The number of methoxy groups -OCH3 is 2. The number of pyridine rings is 1. The van der Waals surface area contributed by atoms with Crippen molar-refractivity contribution in [3.8, 4) is 23.3 Å². The summed E-state index contributed by atoms with van der Waals surface area (Å²) in [5.41, 5.74) is 3.98. The number of carbonyl (C=O) groups excluding carboxylic acids is 1. The van der Waals surface area contributed by atoms with Crippen LogP contribution in [0.4, 0.5) is 5.69 Å². The number of imidazole rings is 1. The van der Waals surface area contributed by atoms with E-state index in [1.54, 1.807) is 43.4 Å². The van der Waals surface area contributed by atoms with Gasteiger partial charge in [0.2, 0.25) is 5.88 Å². The lowest BCUT2D eigenvalue weighted by Gasteiger charge is -2.28. The standard InChI is InChI=1S/C28H23ClN6O4/c1-15-11-19(14-33(2)26(15)36)35-22(16-7-5-8-17(29)12-16)23-21(27(35)37)31-24(34(23)18-9-6-10-18)20-13-30-28(39-4)32-25(20)38-3/h5-14,22H,1-4H3. The first-order valence-corrected chi connectivity index (χ1v) is 12.4. The lowest BCUT2D eigenvalue weighted by Crippen LogP contribution is -2.32. The van der Waals surface area contributed by atoms with Crippen LogP contribution < -0.4 is 19.9 Å². The zero-order valence-corrected chi connectivity index (χ0v) is 22.3. The number of allylic oxidation sites excluding steroid dienone is 4. The Bertz CT molecular complexity index is 1760. The summed E-state index contributed by atoms with van der Waals surface area (Å²) in [5.74, 6) is 0.394. The molecule has 0 radical (unpaired) electrons. The lowest BCUT2D eigenvalue weighted by molar-refractivity contribution is 0.0989. The molecule has 1 aliphatic carbocycles. The Kier molecular flexibility index (Phi) is 5.84. The minimum Gasteiger partial charge on any atom is -0.480 e. The van der Waals surface area contributed by atoms with Crippen LogP contribution in [0, 0.1) is 6.92 Å². The molecule has 0 fully saturated rings. The minimum absolute atomic E-state index is 0.136. The van der Waals surface area contributed by atoms with Gasteiger partial charge in [-0.1, -0.05) is 29.8 Å². The average molecular weight is 543 g/mol. The van der Waals surface area contributed by atoms with Gasteiger partial charge in [0.15, 0.2) is 11.5 Å². The zero-order valence-electron chi connectivity index (χ0n) is 21.5. The number of halogens is 1. The molecule has 1 aromatic carbocycles. The van der Waals surface area contributed by atoms with Crippen molar-refractivity contribution in [2.45, 2.75) is 13.0 Å². The van der Waals surface area contributed by atoms with Gasteiger partial charge in [-0.05, 0) is 42.8 Å². The molecule has 1 unspecified atom stereocenters. The molecule has 0 saturated carbocycles. The van der Waals surface area contributed by atoms with Crippen molar-refractivity contribution < 1.29 is 14.3 Å². The lowest BCUT2D eigenvalue weighted by atomic mass is 10.0. The Balaban J connectivity index is 1.63. The highest BCUT2D eigenvalue weighted by atomic mass is 35.5. The van der Waals surface area contributed by atoms with Gasteiger partial charge in [-0.15, -0.1) is 0 Å². The van der Waals surface area contributed by atoms with Gasteiger partial charge in [0, 0.05) is 35.7 Å². The molecule has 4 heterocycles. The number of benzene rings is 1. The summed E-state index contributed by atoms with van der Waals surface area (Å²) in [6, 6.07) is 8.64. The number of amides is 1. The van der Waals surface area contributed by atoms with E-state index in [1.807, 2.05) is 41.0 Å². The first-order chi connectivity index (χ1) is 18.8. The predicted molar refractivity (Wildman–Crippen MR) is 146 cm³/mol. The number of rotatable bonds is 6. The van der Waals surface area contributed by atoms with Crippen LogP contribution in [0.5, 0.6) is 11.9 Å². The van der Waals surface area contributed by atoms with E-state index in [4.69, 9.17) is 26.1 Å². The van der Waals surface area contributed by atoms with Crippen LogP contribution in [0.2, 0.25) is 5.02 Å². The fourth-order valence-corrected chi connectivity index (χ4v) is 5.16. The second-order valence-electron chi connectivity index (χ2n) is 9.17. The smallest absolute Gasteiger partial charge is 0.319 e. The summed E-state index contributed by atoms with van der Waals surface area (Å²) < 4.78 is 14.1. The third kappa shape index (κ3) is 3.83. The fraction of sp³-hybridized carbons (Fsp3) is 0.179. The monoisotopic (exact) mass is 542 g/mol. The second-order valence-corrected chi connectivity index (χ2v) is 9.60. The highest BCUT2D eigenvalue weighted by Crippen LogP contribution is 2.46. The molecule has 2 aliphatic rings. The number of hydrogen-bond acceptors (Lipinski definition) is 7. The normalized spacial score (nSPS) is 15.7. The first kappa shape index (κ1) is 24.6. The molecule has 6 rings (SSSR count). The largest absolute Gasteiger partial charge is 0.480 e. The van der Waals surface area contributed by atoms with Gasteiger partial charge in [0.25, 0.3) is 11.5 Å². The molecular weight excluding hydrogens is 520 g/mol. The minimum atomic E-state index is -0.593. The SMILES string of the molecule is COc1ncc(-c2nc3c(n2C2=CC=C2)C(c2cccc(Cl)c2)N(c2cc(C)c(=O)n(C)c2)C3=O)c(OC)n1. The molecule has 10 nitrogen and oxygen atoms in total. The van der Waals surface area contributed by atoms with Crippen LogP contribution >= 0.6 is 11.6 Å². The molecule has 1 aliphatic heterocycles. The molecule has 4 aromatic rings. The van der Waals surface area contributed by atoms with E-state index in [2.05, 4.69) is 9.97 Å². The summed E-state index contributed by atoms with van der Waals surface area (Å²) >= 11 is 6.42. The van der Waals surface area contributed by atoms with E-state index in [0.717, 1.165) is 11.3 Å². The summed E-state index contributed by atoms with van der Waals surface area (Å²) in [6.07, 6.45) is 8.99. The van der Waals surface area contributed by atoms with Gasteiger partial charge < -0.3 is 14.0 Å². The van der Waals surface area contributed by atoms with Crippen LogP contribution in [-0.4, -0.2) is 44.2 Å². The Morgan fingerprint density at radius 1 is 1.08 bits per heavy atom. The number of aryl methyl sites for hydroxylation is 2. The van der Waals surface area contributed by atoms with Crippen LogP contribution in [0.15, 0.2) is 65.7 Å². The quantitative estimate of drug-likeness (QED) is 0.360. The Labute approximate surface area is 228 Å². The van der Waals surface area contributed by atoms with Gasteiger partial charge >= 0.3 is 6.01 Å². The van der Waals surface area contributed by atoms with Gasteiger partial charge in [0.05, 0.1) is 31.2 Å². The summed E-state index contributed by atoms with van der Waals surface area (Å²) in [6.45, 7) is 1.73. The molecule has 11 heteroatoms. The summed E-state index contributed by atoms with van der Waals surface area (Å²) in [5, 5.41) is 0.532. The van der Waals surface area contributed by atoms with E-state index in [9.17, 15) is 9.59 Å². The van der Waals surface area contributed by atoms with Crippen molar-refractivity contribution >= 4 is 28.9 Å². The number of ether oxygens (including phenoxy) is 2. The molecule has 0 saturated heterocycles. The topological polar surface area (TPSA) is 104 Å². The molecule has 196 valence electrons. The summed E-state index contributed by atoms with van der Waals surface area (Å²) in [7, 11) is 4.63. The van der Waals surface area contributed by atoms with Crippen molar-refractivity contribution in [1.29, 1.82) is 0 Å². The van der Waals surface area contributed by atoms with Crippen LogP contribution in [0.1, 0.15) is 33.4 Å². The van der Waals surface area contributed by atoms with Crippen LogP contribution in [0.25, 0.3) is 17.1 Å². The molecule has 0 spiro atoms. The van der Waals surface area contributed by atoms with Crippen molar-refractivity contribution in [3.63, 3.8) is 0 Å². The van der Waals surface area contributed by atoms with Crippen molar-refractivity contribution in [3.05, 3.63) is 98.8 Å². The highest BCUT2D eigenvalue weighted by molar-refractivity contribution is 6.30. The number of fused-ring (bicyclic) bond motifs is 1. The number of aromatic nitrogens is 5. The second kappa shape index (κ2) is 9.25. The maximum absolute atomic E-state index is 14.2. The van der Waals surface area contributed by atoms with E-state index >= 15 is 0 Å². The average Bonchev–Trinajstić information content (AvgIpc) is 3.40. The van der Waals surface area contributed by atoms with Crippen LogP contribution in [-0.2, 0) is 7.05 Å². The van der Waals surface area contributed by atoms with Gasteiger partial charge in [-0.25, -0.2) is 9.97 Å². The van der Waals surface area contributed by atoms with Gasteiger partial charge in [-0.2, -0.15) is 4.98 Å². The third-order valence-electron chi connectivity index (χ3n) is 6.78. The molecular formula is C28H23ClN6O4. The summed E-state index contributed by atoms with van der Waals surface area (Å²) in [4.78, 5) is 41.7. The van der Waals surface area contributed by atoms with E-state index < -0.39 is 6.04 Å². The van der Waals surface area contributed by atoms with Crippen molar-refractivity contribution in [2.75, 3.05) is 19.1 Å². The Hall–Kier alpha value is -4.70. The van der Waals surface area contributed by atoms with E-state index in [1.165, 1.54) is 18.8 Å². The number of anilines is 1. The molecule has 1 amide bonds. The first-order valence-electron chi connectivity index (χ1n) is 12.1. The molecule has 0 N–H and O–H groups in total. The molecule has 1 atom stereocenters. The molecule has 39 heavy (non-hydrogen) atoms. The zero-order chi connectivity index (χ0) is 27.4. The van der Waals surface area contributed by atoms with Crippen molar-refractivity contribution in [1.82, 2.24) is 24.1 Å². The van der Waals surface area contributed by atoms with Crippen LogP contribution in [0.3, 0.4) is 0 Å². The molecule has 3 aromatic heterocycles. The maximum Gasteiger partial charge on any atom is 0.319 e. The van der Waals surface area contributed by atoms with Gasteiger partial charge in [0.1, 0.15) is 6.04 Å². The fourth-order valence-electron chi connectivity index (χ4n) is 4.97. The van der Waals surface area contributed by atoms with Crippen molar-refractivity contribution in [2.24, 2.45) is 7.05 Å². The highest BCUT2D eigenvalue weighted by Gasteiger charge is 2.45. The predicted octanol–water partition coefficient (Wildman–Crippen LogP) is 4.18. The maximum atomic E-state index is 14.2. The number of hydrogen-bond donors (Lipinski definition) is 0.